The molecule has 0 aromatic rings. The van der Waals surface area contributed by atoms with E-state index in [1.807, 2.05) is 83.1 Å². The van der Waals surface area contributed by atoms with Gasteiger partial charge in [-0.25, -0.2) is 0 Å². The fourth-order valence-electron chi connectivity index (χ4n) is 1.80. The number of hydrogen-bond acceptors (Lipinski definition) is 4. The van der Waals surface area contributed by atoms with Crippen LogP contribution in [0.2, 0.25) is 0 Å². The minimum absolute atomic E-state index is 0. The molecule has 0 fully saturated rings. The fraction of sp³-hybridized carbons (Fsp3) is 1.00. The van der Waals surface area contributed by atoms with Gasteiger partial charge in [0.1, 0.15) is 0 Å². The Bertz CT molecular complexity index is 309. The van der Waals surface area contributed by atoms with Gasteiger partial charge in [-0.05, 0) is 0 Å². The molecule has 0 aliphatic heterocycles. The third kappa shape index (κ3) is 15.7. The molecule has 0 rings (SSSR count). The first-order chi connectivity index (χ1) is 11.1. The summed E-state index contributed by atoms with van der Waals surface area (Å²) in [5.74, 6) is 0. The van der Waals surface area contributed by atoms with Crippen LogP contribution in [0.25, 0.3) is 0 Å². The minimum Gasteiger partial charge on any atom is -0.852 e. The molecule has 0 bridgehead atoms. The van der Waals surface area contributed by atoms with Crippen LogP contribution in [0, 0.1) is 63.4 Å². The van der Waals surface area contributed by atoms with E-state index in [2.05, 4.69) is 0 Å². The number of hydrogen-bond donors (Lipinski definition) is 0. The van der Waals surface area contributed by atoms with Crippen LogP contribution in [0.1, 0.15) is 95.9 Å². The summed E-state index contributed by atoms with van der Waals surface area (Å²) < 4.78 is 0. The monoisotopic (exact) mass is 512 g/mol. The average Bonchev–Trinajstić information content (AvgIpc) is 2.34. The van der Waals surface area contributed by atoms with E-state index < -0.39 is 24.4 Å². The summed E-state index contributed by atoms with van der Waals surface area (Å²) >= 11 is 0. The normalized spacial score (nSPS) is 17.8. The maximum atomic E-state index is 11.6. The molecule has 0 aliphatic carbocycles. The molecular weight excluding hydrogens is 468 g/mol. The molecule has 0 radical (unpaired) electrons. The van der Waals surface area contributed by atoms with Crippen molar-refractivity contribution >= 4 is 0 Å². The van der Waals surface area contributed by atoms with Crippen LogP contribution < -0.4 is 20.4 Å². The van der Waals surface area contributed by atoms with Crippen molar-refractivity contribution in [2.45, 2.75) is 120 Å². The zero-order chi connectivity index (χ0) is 21.7. The summed E-state index contributed by atoms with van der Waals surface area (Å²) in [6.07, 6.45) is -2.56. The Morgan fingerprint density at radius 2 is 0.519 bits per heavy atom. The number of rotatable bonds is 4. The third-order valence-corrected chi connectivity index (χ3v) is 4.72. The van der Waals surface area contributed by atoms with Crippen molar-refractivity contribution in [2.75, 3.05) is 0 Å². The predicted octanol–water partition coefficient (Wildman–Crippen LogP) is 1.85. The smallest absolute Gasteiger partial charge is 0.852 e. The molecule has 27 heavy (non-hydrogen) atoms. The van der Waals surface area contributed by atoms with Crippen LogP contribution >= 0.6 is 0 Å². The van der Waals surface area contributed by atoms with Gasteiger partial charge in [-0.15, -0.1) is 24.4 Å². The summed E-state index contributed by atoms with van der Waals surface area (Å²) in [5.41, 5.74) is -1.19. The molecule has 4 atom stereocenters. The second-order valence-electron chi connectivity index (χ2n) is 11.9. The van der Waals surface area contributed by atoms with Gasteiger partial charge in [-0.3, -0.25) is 0 Å². The first-order valence-corrected chi connectivity index (χ1v) is 9.73. The largest absolute Gasteiger partial charge is 4.00 e. The molecule has 4 unspecified atom stereocenters. The van der Waals surface area contributed by atoms with Gasteiger partial charge in [0, 0.05) is 0 Å². The zero-order valence-corrected chi connectivity index (χ0v) is 23.0. The van der Waals surface area contributed by atoms with Crippen LogP contribution in [0.3, 0.4) is 0 Å². The molecule has 0 heterocycles. The van der Waals surface area contributed by atoms with Gasteiger partial charge in [0.2, 0.25) is 0 Å². The van der Waals surface area contributed by atoms with Gasteiger partial charge in [-0.1, -0.05) is 118 Å². The Morgan fingerprint density at radius 3 is 0.593 bits per heavy atom. The van der Waals surface area contributed by atoms with Gasteiger partial charge in [0.25, 0.3) is 0 Å². The Balaban J connectivity index is -0.000000411. The molecule has 0 N–H and O–H groups in total. The van der Waals surface area contributed by atoms with Crippen LogP contribution in [-0.4, -0.2) is 24.4 Å². The van der Waals surface area contributed by atoms with Crippen molar-refractivity contribution in [3.05, 3.63) is 0 Å². The Hall–Kier alpha value is 1.22. The van der Waals surface area contributed by atoms with E-state index >= 15 is 0 Å². The molecule has 0 aromatic carbocycles. The van der Waals surface area contributed by atoms with Crippen LogP contribution in [-0.2, 0) is 0 Å². The molecule has 0 aromatic heterocycles. The molecule has 0 saturated carbocycles. The molecule has 0 aliphatic rings. The molecule has 0 spiro atoms. The van der Waals surface area contributed by atoms with E-state index in [4.69, 9.17) is 0 Å². The summed E-state index contributed by atoms with van der Waals surface area (Å²) in [6, 6.07) is 0. The van der Waals surface area contributed by atoms with E-state index in [0.717, 1.165) is 0 Å². The molecule has 0 amide bonds. The van der Waals surface area contributed by atoms with Crippen LogP contribution in [0.4, 0.5) is 0 Å². The quantitative estimate of drug-likeness (QED) is 0.575. The van der Waals surface area contributed by atoms with Gasteiger partial charge in [-0.2, -0.15) is 0 Å². The van der Waals surface area contributed by atoms with Crippen molar-refractivity contribution in [3.63, 3.8) is 0 Å². The van der Waals surface area contributed by atoms with E-state index in [-0.39, 0.29) is 76.2 Å². The van der Waals surface area contributed by atoms with E-state index in [0.29, 0.717) is 0 Å². The van der Waals surface area contributed by atoms with Gasteiger partial charge in [0.15, 0.2) is 0 Å². The first kappa shape index (κ1) is 32.9. The first-order valence-electron chi connectivity index (χ1n) is 9.73. The van der Waals surface area contributed by atoms with Crippen molar-refractivity contribution in [1.29, 1.82) is 0 Å². The Labute approximate surface area is 202 Å². The third-order valence-electron chi connectivity index (χ3n) is 4.72. The van der Waals surface area contributed by atoms with E-state index in [9.17, 15) is 20.4 Å². The predicted molar refractivity (Wildman–Crippen MR) is 102 cm³/mol. The maximum absolute atomic E-state index is 11.6. The summed E-state index contributed by atoms with van der Waals surface area (Å²) in [5, 5.41) is 46.4. The topological polar surface area (TPSA) is 92.2 Å². The summed E-state index contributed by atoms with van der Waals surface area (Å²) in [6.45, 7) is 22.7. The van der Waals surface area contributed by atoms with Crippen LogP contribution in [0.15, 0.2) is 0 Å². The fourth-order valence-corrected chi connectivity index (χ4v) is 1.80. The molecule has 0 saturated heterocycles. The van der Waals surface area contributed by atoms with E-state index in [1.54, 1.807) is 0 Å². The second kappa shape index (κ2) is 12.2. The maximum Gasteiger partial charge on any atom is 4.00 e. The van der Waals surface area contributed by atoms with Crippen molar-refractivity contribution in [3.8, 4) is 0 Å². The van der Waals surface area contributed by atoms with Crippen molar-refractivity contribution in [2.24, 2.45) is 21.7 Å². The summed E-state index contributed by atoms with van der Waals surface area (Å²) in [7, 11) is 0. The van der Waals surface area contributed by atoms with Crippen molar-refractivity contribution < 1.29 is 62.2 Å². The van der Waals surface area contributed by atoms with Crippen molar-refractivity contribution in [1.82, 2.24) is 0 Å². The van der Waals surface area contributed by atoms with Gasteiger partial charge < -0.3 is 20.4 Å². The second-order valence-corrected chi connectivity index (χ2v) is 11.9. The SMILES string of the molecule is CC(C)(C)C([O-])CC([O-])C(C)(C)C.CC(C)(C)C([O-])CC([O-])C(C)(C)C.[Ce+4]. The molecular formula is C22H44CeO4. The van der Waals surface area contributed by atoms with Crippen LogP contribution in [0.5, 0.6) is 0 Å². The average molecular weight is 513 g/mol. The molecule has 4 nitrogen and oxygen atoms in total. The zero-order valence-electron chi connectivity index (χ0n) is 19.9. The molecule has 5 heteroatoms. The Morgan fingerprint density at radius 1 is 0.407 bits per heavy atom. The summed E-state index contributed by atoms with van der Waals surface area (Å²) in [4.78, 5) is 0. The van der Waals surface area contributed by atoms with Gasteiger partial charge >= 0.3 is 41.7 Å². The standard InChI is InChI=1S/2C11H22O2.Ce/c2*1-10(2,3)8(12)7-9(13)11(4,5)6;/h2*8-9H,7H2,1-6H3;/q2*-2;+4. The van der Waals surface area contributed by atoms with Gasteiger partial charge in [0.05, 0.1) is 0 Å². The molecule has 160 valence electrons. The minimum atomic E-state index is -0.755. The van der Waals surface area contributed by atoms with E-state index in [1.165, 1.54) is 0 Å². The Kier molecular flexibility index (Phi) is 14.8.